The van der Waals surface area contributed by atoms with E-state index < -0.39 is 26.3 Å². The number of carbonyl (C=O) groups excluding carboxylic acids is 1. The van der Waals surface area contributed by atoms with E-state index in [-0.39, 0.29) is 11.6 Å². The topological polar surface area (TPSA) is 117 Å². The summed E-state index contributed by atoms with van der Waals surface area (Å²) in [5.74, 6) is -1.91. The molecule has 10 heteroatoms. The van der Waals surface area contributed by atoms with Crippen molar-refractivity contribution in [2.45, 2.75) is 11.8 Å². The molecule has 0 amide bonds. The lowest BCUT2D eigenvalue weighted by atomic mass is 10.2. The van der Waals surface area contributed by atoms with E-state index in [9.17, 15) is 22.9 Å². The van der Waals surface area contributed by atoms with Gasteiger partial charge in [-0.2, -0.15) is 10.4 Å². The Morgan fingerprint density at radius 3 is 2.63 bits per heavy atom. The average Bonchev–Trinajstić information content (AvgIpc) is 3.27. The van der Waals surface area contributed by atoms with Crippen LogP contribution in [-0.4, -0.2) is 35.3 Å². The molecule has 0 aliphatic heterocycles. The molecule has 0 unspecified atom stereocenters. The molecule has 0 fully saturated rings. The summed E-state index contributed by atoms with van der Waals surface area (Å²) in [6.45, 7) is 1.64. The number of halogens is 1. The molecule has 30 heavy (non-hydrogen) atoms. The van der Waals surface area contributed by atoms with E-state index in [1.54, 1.807) is 37.3 Å². The van der Waals surface area contributed by atoms with Gasteiger partial charge >= 0.3 is 0 Å². The normalized spacial score (nSPS) is 11.7. The molecule has 152 valence electrons. The molecule has 0 atom stereocenters. The minimum Gasteiger partial charge on any atom is -0.278 e. The van der Waals surface area contributed by atoms with Crippen LogP contribution in [0, 0.1) is 24.1 Å². The molecule has 1 heterocycles. The summed E-state index contributed by atoms with van der Waals surface area (Å²) in [7, 11) is -4.09. The van der Waals surface area contributed by atoms with Gasteiger partial charge in [0.05, 0.1) is 5.69 Å². The molecule has 3 rings (SSSR count). The van der Waals surface area contributed by atoms with Gasteiger partial charge in [0.2, 0.25) is 0 Å². The SMILES string of the molecule is Cc1ccc(F)c(S(=O)(=O)C/C(C#N)=N/Nc2ccc(C(=O)n3ccnc3)cc2)c1. The number of anilines is 1. The van der Waals surface area contributed by atoms with Crippen molar-refractivity contribution in [2.24, 2.45) is 5.10 Å². The zero-order valence-corrected chi connectivity index (χ0v) is 16.6. The maximum absolute atomic E-state index is 13.9. The third-order valence-electron chi connectivity index (χ3n) is 4.07. The molecule has 8 nitrogen and oxygen atoms in total. The lowest BCUT2D eigenvalue weighted by Gasteiger charge is -2.07. The first kappa shape index (κ1) is 20.9. The Labute approximate surface area is 172 Å². The lowest BCUT2D eigenvalue weighted by molar-refractivity contribution is 0.0960. The van der Waals surface area contributed by atoms with Crippen LogP contribution in [0.15, 0.2) is 71.2 Å². The third-order valence-corrected chi connectivity index (χ3v) is 5.70. The highest BCUT2D eigenvalue weighted by atomic mass is 32.2. The van der Waals surface area contributed by atoms with Crippen LogP contribution < -0.4 is 5.43 Å². The summed E-state index contributed by atoms with van der Waals surface area (Å²) in [5, 5.41) is 13.0. The Bertz CT molecular complexity index is 1240. The number of nitrogens with one attached hydrogen (secondary N) is 1. The van der Waals surface area contributed by atoms with E-state index in [0.717, 1.165) is 6.07 Å². The number of nitrogens with zero attached hydrogens (tertiary/aromatic N) is 4. The number of hydrogen-bond acceptors (Lipinski definition) is 7. The first-order chi connectivity index (χ1) is 14.3. The van der Waals surface area contributed by atoms with Crippen LogP contribution in [0.3, 0.4) is 0 Å². The van der Waals surface area contributed by atoms with Crippen LogP contribution in [0.2, 0.25) is 0 Å². The number of rotatable bonds is 6. The van der Waals surface area contributed by atoms with Gasteiger partial charge in [-0.05, 0) is 48.9 Å². The molecule has 1 aromatic heterocycles. The minimum absolute atomic E-state index is 0.272. The van der Waals surface area contributed by atoms with Gasteiger partial charge in [0.15, 0.2) is 15.5 Å². The van der Waals surface area contributed by atoms with Crippen molar-refractivity contribution < 1.29 is 17.6 Å². The quantitative estimate of drug-likeness (QED) is 0.479. The molecule has 3 aromatic rings. The number of sulfone groups is 1. The average molecular weight is 425 g/mol. The van der Waals surface area contributed by atoms with Gasteiger partial charge in [-0.15, -0.1) is 0 Å². The molecule has 0 saturated heterocycles. The second-order valence-electron chi connectivity index (χ2n) is 6.33. The lowest BCUT2D eigenvalue weighted by Crippen LogP contribution is -2.17. The van der Waals surface area contributed by atoms with Crippen LogP contribution >= 0.6 is 0 Å². The number of hydrazone groups is 1. The number of aromatic nitrogens is 2. The number of hydrogen-bond donors (Lipinski definition) is 1. The van der Waals surface area contributed by atoms with Gasteiger partial charge in [0, 0.05) is 18.0 Å². The fourth-order valence-electron chi connectivity index (χ4n) is 2.54. The highest BCUT2D eigenvalue weighted by molar-refractivity contribution is 7.92. The monoisotopic (exact) mass is 425 g/mol. The standard InChI is InChI=1S/C20H16FN5O3S/c1-14-2-7-18(21)19(10-14)30(28,29)12-17(11-22)25-24-16-5-3-15(4-6-16)20(27)26-9-8-23-13-26/h2-10,13,24H,12H2,1H3/b25-17+. The predicted octanol–water partition coefficient (Wildman–Crippen LogP) is 2.78. The molecule has 0 spiro atoms. The molecule has 1 N–H and O–H groups in total. The Kier molecular flexibility index (Phi) is 6.03. The van der Waals surface area contributed by atoms with Gasteiger partial charge in [-0.1, -0.05) is 6.07 Å². The van der Waals surface area contributed by atoms with E-state index in [1.807, 2.05) is 0 Å². The molecule has 0 aliphatic carbocycles. The van der Waals surface area contributed by atoms with Crippen molar-refractivity contribution in [2.75, 3.05) is 11.2 Å². The minimum atomic E-state index is -4.09. The number of benzene rings is 2. The van der Waals surface area contributed by atoms with Gasteiger partial charge in [0.25, 0.3) is 5.91 Å². The van der Waals surface area contributed by atoms with Crippen LogP contribution in [0.5, 0.6) is 0 Å². The molecule has 2 aromatic carbocycles. The molecule has 0 radical (unpaired) electrons. The Morgan fingerprint density at radius 2 is 2.00 bits per heavy atom. The summed E-state index contributed by atoms with van der Waals surface area (Å²) in [6, 6.07) is 11.6. The van der Waals surface area contributed by atoms with E-state index in [0.29, 0.717) is 16.8 Å². The fraction of sp³-hybridized carbons (Fsp3) is 0.100. The highest BCUT2D eigenvalue weighted by Crippen LogP contribution is 2.18. The zero-order chi connectivity index (χ0) is 21.7. The van der Waals surface area contributed by atoms with Crippen LogP contribution in [0.1, 0.15) is 15.9 Å². The first-order valence-electron chi connectivity index (χ1n) is 8.64. The maximum Gasteiger partial charge on any atom is 0.263 e. The second kappa shape index (κ2) is 8.67. The van der Waals surface area contributed by atoms with Crippen molar-refractivity contribution in [1.82, 2.24) is 9.55 Å². The summed E-state index contributed by atoms with van der Waals surface area (Å²) in [6.07, 6.45) is 4.40. The number of aryl methyl sites for hydroxylation is 1. The van der Waals surface area contributed by atoms with Crippen molar-refractivity contribution in [3.63, 3.8) is 0 Å². The van der Waals surface area contributed by atoms with Gasteiger partial charge in [-0.25, -0.2) is 17.8 Å². The van der Waals surface area contributed by atoms with Crippen LogP contribution in [0.25, 0.3) is 0 Å². The van der Waals surface area contributed by atoms with Crippen molar-refractivity contribution in [1.29, 1.82) is 5.26 Å². The Morgan fingerprint density at radius 1 is 1.27 bits per heavy atom. The molecular weight excluding hydrogens is 409 g/mol. The predicted molar refractivity (Wildman–Crippen MR) is 108 cm³/mol. The first-order valence-corrected chi connectivity index (χ1v) is 10.3. The second-order valence-corrected chi connectivity index (χ2v) is 8.29. The van der Waals surface area contributed by atoms with Crippen LogP contribution in [0.4, 0.5) is 10.1 Å². The van der Waals surface area contributed by atoms with Gasteiger partial charge < -0.3 is 0 Å². The molecule has 0 saturated carbocycles. The fourth-order valence-corrected chi connectivity index (χ4v) is 3.92. The number of nitriles is 1. The summed E-state index contributed by atoms with van der Waals surface area (Å²) in [4.78, 5) is 15.5. The number of carbonyl (C=O) groups is 1. The van der Waals surface area contributed by atoms with E-state index in [2.05, 4.69) is 15.5 Å². The third kappa shape index (κ3) is 4.76. The summed E-state index contributed by atoms with van der Waals surface area (Å²) < 4.78 is 40.2. The van der Waals surface area contributed by atoms with Crippen molar-refractivity contribution in [3.05, 3.63) is 78.1 Å². The van der Waals surface area contributed by atoms with Gasteiger partial charge in [0.1, 0.15) is 28.9 Å². The summed E-state index contributed by atoms with van der Waals surface area (Å²) >= 11 is 0. The maximum atomic E-state index is 13.9. The van der Waals surface area contributed by atoms with Crippen molar-refractivity contribution >= 4 is 27.1 Å². The largest absolute Gasteiger partial charge is 0.278 e. The van der Waals surface area contributed by atoms with Crippen LogP contribution in [-0.2, 0) is 9.84 Å². The Hall–Kier alpha value is -3.84. The zero-order valence-electron chi connectivity index (χ0n) is 15.8. The Balaban J connectivity index is 1.73. The van der Waals surface area contributed by atoms with E-state index >= 15 is 0 Å². The number of imidazole rings is 1. The highest BCUT2D eigenvalue weighted by Gasteiger charge is 2.22. The molecule has 0 bridgehead atoms. The summed E-state index contributed by atoms with van der Waals surface area (Å²) in [5.41, 5.74) is 3.65. The molecular formula is C20H16FN5O3S. The molecule has 0 aliphatic rings. The van der Waals surface area contributed by atoms with E-state index in [1.165, 1.54) is 35.4 Å². The van der Waals surface area contributed by atoms with E-state index in [4.69, 9.17) is 0 Å². The smallest absolute Gasteiger partial charge is 0.263 e. The van der Waals surface area contributed by atoms with Crippen molar-refractivity contribution in [3.8, 4) is 6.07 Å². The van der Waals surface area contributed by atoms with Gasteiger partial charge in [-0.3, -0.25) is 14.8 Å².